The monoisotopic (exact) mass is 172 g/mol. The average Bonchev–Trinajstić information content (AvgIpc) is 2.13. The SMILES string of the molecule is Cc1c(N)ccc(C=CC#N)c1C. The zero-order valence-corrected chi connectivity index (χ0v) is 7.83. The lowest BCUT2D eigenvalue weighted by molar-refractivity contribution is 1.33. The largest absolute Gasteiger partial charge is 0.399 e. The second-order valence-electron chi connectivity index (χ2n) is 2.96. The number of rotatable bonds is 1. The molecule has 0 saturated carbocycles. The lowest BCUT2D eigenvalue weighted by Crippen LogP contribution is -1.93. The van der Waals surface area contributed by atoms with Gasteiger partial charge >= 0.3 is 0 Å². The van der Waals surface area contributed by atoms with Crippen LogP contribution in [-0.4, -0.2) is 0 Å². The van der Waals surface area contributed by atoms with E-state index >= 15 is 0 Å². The first-order valence-corrected chi connectivity index (χ1v) is 4.08. The first kappa shape index (κ1) is 9.34. The molecular weight excluding hydrogens is 160 g/mol. The highest BCUT2D eigenvalue weighted by Crippen LogP contribution is 2.20. The molecule has 0 aliphatic rings. The molecule has 0 aromatic heterocycles. The van der Waals surface area contributed by atoms with Crippen LogP contribution in [0.1, 0.15) is 16.7 Å². The number of anilines is 1. The maximum Gasteiger partial charge on any atom is 0.0912 e. The molecule has 1 rings (SSSR count). The third-order valence-corrected chi connectivity index (χ3v) is 2.21. The summed E-state index contributed by atoms with van der Waals surface area (Å²) in [5, 5.41) is 8.38. The van der Waals surface area contributed by atoms with Gasteiger partial charge in [-0.1, -0.05) is 6.07 Å². The van der Waals surface area contributed by atoms with E-state index in [1.165, 1.54) is 6.08 Å². The van der Waals surface area contributed by atoms with Crippen LogP contribution >= 0.6 is 0 Å². The van der Waals surface area contributed by atoms with Crippen LogP contribution in [0, 0.1) is 25.2 Å². The van der Waals surface area contributed by atoms with Crippen LogP contribution in [0.5, 0.6) is 0 Å². The number of nitriles is 1. The molecule has 0 aliphatic carbocycles. The van der Waals surface area contributed by atoms with Crippen LogP contribution in [0.4, 0.5) is 5.69 Å². The third-order valence-electron chi connectivity index (χ3n) is 2.21. The Morgan fingerprint density at radius 2 is 2.00 bits per heavy atom. The Bertz CT molecular complexity index is 384. The lowest BCUT2D eigenvalue weighted by atomic mass is 10.0. The molecule has 0 atom stereocenters. The Hall–Kier alpha value is -1.75. The Morgan fingerprint density at radius 1 is 1.31 bits per heavy atom. The van der Waals surface area contributed by atoms with Crippen LogP contribution in [-0.2, 0) is 0 Å². The summed E-state index contributed by atoms with van der Waals surface area (Å²) >= 11 is 0. The van der Waals surface area contributed by atoms with E-state index < -0.39 is 0 Å². The van der Waals surface area contributed by atoms with Gasteiger partial charge in [0.1, 0.15) is 0 Å². The molecule has 0 fully saturated rings. The first-order chi connectivity index (χ1) is 6.16. The minimum absolute atomic E-state index is 0.798. The smallest absolute Gasteiger partial charge is 0.0912 e. The predicted molar refractivity (Wildman–Crippen MR) is 55.0 cm³/mol. The van der Waals surface area contributed by atoms with Gasteiger partial charge in [0.2, 0.25) is 0 Å². The third kappa shape index (κ3) is 1.88. The number of nitrogens with two attached hydrogens (primary N) is 1. The molecule has 0 bridgehead atoms. The zero-order chi connectivity index (χ0) is 9.84. The molecule has 2 heteroatoms. The molecule has 2 nitrogen and oxygen atoms in total. The van der Waals surface area contributed by atoms with Crippen LogP contribution in [0.25, 0.3) is 6.08 Å². The van der Waals surface area contributed by atoms with Gasteiger partial charge < -0.3 is 5.73 Å². The van der Waals surface area contributed by atoms with Gasteiger partial charge in [-0.3, -0.25) is 0 Å². The molecular formula is C11H12N2. The molecule has 0 aliphatic heterocycles. The van der Waals surface area contributed by atoms with E-state index in [1.54, 1.807) is 6.08 Å². The quantitative estimate of drug-likeness (QED) is 0.522. The maximum absolute atomic E-state index is 8.38. The molecule has 0 saturated heterocycles. The number of allylic oxidation sites excluding steroid dienone is 1. The van der Waals surface area contributed by atoms with E-state index in [4.69, 9.17) is 11.0 Å². The van der Waals surface area contributed by atoms with Crippen molar-refractivity contribution in [2.24, 2.45) is 0 Å². The highest BCUT2D eigenvalue weighted by Gasteiger charge is 2.00. The van der Waals surface area contributed by atoms with Crippen molar-refractivity contribution in [3.05, 3.63) is 34.9 Å². The van der Waals surface area contributed by atoms with Gasteiger partial charge in [0.05, 0.1) is 6.07 Å². The molecule has 2 N–H and O–H groups in total. The van der Waals surface area contributed by atoms with Crippen molar-refractivity contribution in [3.63, 3.8) is 0 Å². The zero-order valence-electron chi connectivity index (χ0n) is 7.83. The molecule has 66 valence electrons. The number of hydrogen-bond donors (Lipinski definition) is 1. The van der Waals surface area contributed by atoms with Crippen molar-refractivity contribution in [2.45, 2.75) is 13.8 Å². The first-order valence-electron chi connectivity index (χ1n) is 4.08. The molecule has 0 heterocycles. The lowest BCUT2D eigenvalue weighted by Gasteiger charge is -2.06. The fourth-order valence-electron chi connectivity index (χ4n) is 1.17. The molecule has 1 aromatic rings. The van der Waals surface area contributed by atoms with E-state index in [9.17, 15) is 0 Å². The van der Waals surface area contributed by atoms with E-state index in [-0.39, 0.29) is 0 Å². The van der Waals surface area contributed by atoms with Crippen LogP contribution in [0.3, 0.4) is 0 Å². The van der Waals surface area contributed by atoms with E-state index in [0.717, 1.165) is 22.4 Å². The Morgan fingerprint density at radius 3 is 2.62 bits per heavy atom. The van der Waals surface area contributed by atoms with E-state index in [2.05, 4.69) is 0 Å². The van der Waals surface area contributed by atoms with Gasteiger partial charge in [0, 0.05) is 11.8 Å². The molecule has 1 aromatic carbocycles. The number of hydrogen-bond acceptors (Lipinski definition) is 2. The van der Waals surface area contributed by atoms with Gasteiger partial charge in [-0.05, 0) is 42.7 Å². The second kappa shape index (κ2) is 3.77. The van der Waals surface area contributed by atoms with Gasteiger partial charge in [-0.25, -0.2) is 0 Å². The molecule has 13 heavy (non-hydrogen) atoms. The minimum Gasteiger partial charge on any atom is -0.399 e. The minimum atomic E-state index is 0.798. The summed E-state index contributed by atoms with van der Waals surface area (Å²) in [4.78, 5) is 0. The Labute approximate surface area is 78.3 Å². The van der Waals surface area contributed by atoms with Crippen molar-refractivity contribution in [2.75, 3.05) is 5.73 Å². The standard InChI is InChI=1S/C11H12N2/c1-8-9(2)11(13)6-5-10(8)4-3-7-12/h3-6H,13H2,1-2H3. The number of benzene rings is 1. The summed E-state index contributed by atoms with van der Waals surface area (Å²) in [5.41, 5.74) is 9.79. The van der Waals surface area contributed by atoms with Gasteiger partial charge in [0.15, 0.2) is 0 Å². The molecule has 0 amide bonds. The topological polar surface area (TPSA) is 49.8 Å². The molecule has 0 spiro atoms. The van der Waals surface area contributed by atoms with Gasteiger partial charge in [0.25, 0.3) is 0 Å². The summed E-state index contributed by atoms with van der Waals surface area (Å²) in [6, 6.07) is 5.75. The fraction of sp³-hybridized carbons (Fsp3) is 0.182. The van der Waals surface area contributed by atoms with Crippen molar-refractivity contribution in [1.29, 1.82) is 5.26 Å². The predicted octanol–water partition coefficient (Wildman–Crippen LogP) is 2.42. The van der Waals surface area contributed by atoms with Crippen molar-refractivity contribution in [3.8, 4) is 6.07 Å². The fourth-order valence-corrected chi connectivity index (χ4v) is 1.17. The van der Waals surface area contributed by atoms with Crippen molar-refractivity contribution in [1.82, 2.24) is 0 Å². The van der Waals surface area contributed by atoms with Crippen molar-refractivity contribution >= 4 is 11.8 Å². The Balaban J connectivity index is 3.20. The van der Waals surface area contributed by atoms with Gasteiger partial charge in [-0.2, -0.15) is 5.26 Å². The summed E-state index contributed by atoms with van der Waals surface area (Å²) in [7, 11) is 0. The van der Waals surface area contributed by atoms with Crippen molar-refractivity contribution < 1.29 is 0 Å². The van der Waals surface area contributed by atoms with E-state index in [1.807, 2.05) is 32.0 Å². The highest BCUT2D eigenvalue weighted by atomic mass is 14.6. The Kier molecular flexibility index (Phi) is 2.71. The van der Waals surface area contributed by atoms with Crippen LogP contribution in [0.15, 0.2) is 18.2 Å². The summed E-state index contributed by atoms with van der Waals surface area (Å²) in [6.07, 6.45) is 3.26. The molecule has 0 radical (unpaired) electrons. The number of nitrogen functional groups attached to an aromatic ring is 1. The normalized spacial score (nSPS) is 10.2. The summed E-state index contributed by atoms with van der Waals surface area (Å²) in [5.74, 6) is 0. The summed E-state index contributed by atoms with van der Waals surface area (Å²) in [6.45, 7) is 3.98. The average molecular weight is 172 g/mol. The van der Waals surface area contributed by atoms with Crippen LogP contribution < -0.4 is 5.73 Å². The van der Waals surface area contributed by atoms with E-state index in [0.29, 0.717) is 0 Å². The molecule has 0 unspecified atom stereocenters. The summed E-state index contributed by atoms with van der Waals surface area (Å²) < 4.78 is 0. The van der Waals surface area contributed by atoms with Gasteiger partial charge in [-0.15, -0.1) is 0 Å². The maximum atomic E-state index is 8.38. The number of nitrogens with zero attached hydrogens (tertiary/aromatic N) is 1. The van der Waals surface area contributed by atoms with Crippen LogP contribution in [0.2, 0.25) is 0 Å². The highest BCUT2D eigenvalue weighted by molar-refractivity contribution is 5.63. The second-order valence-corrected chi connectivity index (χ2v) is 2.96.